The summed E-state index contributed by atoms with van der Waals surface area (Å²) in [6.07, 6.45) is 5.92. The molecule has 5 nitrogen and oxygen atoms in total. The first-order chi connectivity index (χ1) is 12.2. The molecule has 134 valence electrons. The van der Waals surface area contributed by atoms with Gasteiger partial charge in [-0.25, -0.2) is 5.01 Å². The molecule has 0 radical (unpaired) electrons. The van der Waals surface area contributed by atoms with E-state index in [-0.39, 0.29) is 24.7 Å². The monoisotopic (exact) mass is 341 g/mol. The van der Waals surface area contributed by atoms with Crippen molar-refractivity contribution in [2.75, 3.05) is 13.1 Å². The fourth-order valence-electron chi connectivity index (χ4n) is 3.81. The smallest absolute Gasteiger partial charge is 0.243 e. The summed E-state index contributed by atoms with van der Waals surface area (Å²) in [5, 5.41) is 5.98. The summed E-state index contributed by atoms with van der Waals surface area (Å²) in [7, 11) is 0. The second kappa shape index (κ2) is 8.28. The minimum absolute atomic E-state index is 0.0539. The fraction of sp³-hybridized carbons (Fsp3) is 0.550. The number of carbonyl (C=O) groups excluding carboxylic acids is 2. The summed E-state index contributed by atoms with van der Waals surface area (Å²) in [4.78, 5) is 26.9. The summed E-state index contributed by atoms with van der Waals surface area (Å²) >= 11 is 0. The van der Waals surface area contributed by atoms with E-state index in [2.05, 4.69) is 5.10 Å². The van der Waals surface area contributed by atoms with Crippen LogP contribution < -0.4 is 0 Å². The van der Waals surface area contributed by atoms with Crippen LogP contribution in [-0.4, -0.2) is 46.6 Å². The van der Waals surface area contributed by atoms with Crippen LogP contribution in [0.5, 0.6) is 0 Å². The van der Waals surface area contributed by atoms with Gasteiger partial charge in [-0.1, -0.05) is 43.2 Å². The second-order valence-corrected chi connectivity index (χ2v) is 6.80. The van der Waals surface area contributed by atoms with Crippen molar-refractivity contribution >= 4 is 17.5 Å². The van der Waals surface area contributed by atoms with Crippen LogP contribution in [0.4, 0.5) is 0 Å². The van der Waals surface area contributed by atoms with Gasteiger partial charge in [-0.05, 0) is 25.3 Å². The molecule has 1 aromatic rings. The molecule has 1 fully saturated rings. The average molecular weight is 341 g/mol. The Hall–Kier alpha value is -2.17. The molecule has 2 amide bonds. The van der Waals surface area contributed by atoms with Gasteiger partial charge in [0.1, 0.15) is 0 Å². The maximum atomic E-state index is 12.5. The van der Waals surface area contributed by atoms with E-state index in [1.54, 1.807) is 0 Å². The first-order valence-corrected chi connectivity index (χ1v) is 9.41. The SMILES string of the molecule is CCN(C(=O)CCC(=O)N1CCC(c2ccccc2)=N1)C1CCCC1. The Kier molecular flexibility index (Phi) is 5.84. The van der Waals surface area contributed by atoms with Crippen molar-refractivity contribution < 1.29 is 9.59 Å². The Balaban J connectivity index is 1.52. The Morgan fingerprint density at radius 1 is 1.16 bits per heavy atom. The number of carbonyl (C=O) groups is 2. The zero-order valence-corrected chi connectivity index (χ0v) is 15.0. The Morgan fingerprint density at radius 2 is 1.88 bits per heavy atom. The summed E-state index contributed by atoms with van der Waals surface area (Å²) < 4.78 is 0. The minimum Gasteiger partial charge on any atom is -0.340 e. The lowest BCUT2D eigenvalue weighted by Crippen LogP contribution is -2.39. The molecular weight excluding hydrogens is 314 g/mol. The summed E-state index contributed by atoms with van der Waals surface area (Å²) in [6, 6.07) is 10.3. The van der Waals surface area contributed by atoms with Crippen molar-refractivity contribution in [3.05, 3.63) is 35.9 Å². The van der Waals surface area contributed by atoms with Crippen LogP contribution in [0.25, 0.3) is 0 Å². The fourth-order valence-corrected chi connectivity index (χ4v) is 3.81. The molecule has 2 aliphatic rings. The van der Waals surface area contributed by atoms with Gasteiger partial charge >= 0.3 is 0 Å². The third-order valence-electron chi connectivity index (χ3n) is 5.18. The lowest BCUT2D eigenvalue weighted by Gasteiger charge is -2.27. The number of amides is 2. The molecule has 1 heterocycles. The van der Waals surface area contributed by atoms with E-state index in [0.717, 1.165) is 37.1 Å². The van der Waals surface area contributed by atoms with Crippen molar-refractivity contribution in [3.8, 4) is 0 Å². The molecule has 1 aliphatic carbocycles. The van der Waals surface area contributed by atoms with Gasteiger partial charge in [0.25, 0.3) is 0 Å². The van der Waals surface area contributed by atoms with Gasteiger partial charge in [0.05, 0.1) is 12.3 Å². The molecule has 3 rings (SSSR count). The van der Waals surface area contributed by atoms with Gasteiger partial charge in [-0.15, -0.1) is 0 Å². The lowest BCUT2D eigenvalue weighted by atomic mass is 10.1. The predicted molar refractivity (Wildman–Crippen MR) is 98.2 cm³/mol. The van der Waals surface area contributed by atoms with Crippen LogP contribution in [0, 0.1) is 0 Å². The molecule has 0 N–H and O–H groups in total. The average Bonchev–Trinajstić information content (AvgIpc) is 3.33. The molecule has 0 spiro atoms. The molecule has 1 aromatic carbocycles. The molecule has 0 bridgehead atoms. The molecular formula is C20H27N3O2. The summed E-state index contributed by atoms with van der Waals surface area (Å²) in [6.45, 7) is 3.37. The third kappa shape index (κ3) is 4.27. The topological polar surface area (TPSA) is 53.0 Å². The van der Waals surface area contributed by atoms with Crippen LogP contribution in [0.2, 0.25) is 0 Å². The highest BCUT2D eigenvalue weighted by atomic mass is 16.2. The van der Waals surface area contributed by atoms with Gasteiger partial charge in [0.2, 0.25) is 11.8 Å². The highest BCUT2D eigenvalue weighted by Gasteiger charge is 2.27. The molecule has 1 saturated carbocycles. The van der Waals surface area contributed by atoms with Crippen LogP contribution >= 0.6 is 0 Å². The van der Waals surface area contributed by atoms with Gasteiger partial charge in [-0.2, -0.15) is 5.10 Å². The lowest BCUT2D eigenvalue weighted by molar-refractivity contribution is -0.138. The predicted octanol–water partition coefficient (Wildman–Crippen LogP) is 3.19. The summed E-state index contributed by atoms with van der Waals surface area (Å²) in [5.41, 5.74) is 2.01. The molecule has 25 heavy (non-hydrogen) atoms. The molecule has 0 saturated heterocycles. The van der Waals surface area contributed by atoms with E-state index < -0.39 is 0 Å². The molecule has 0 unspecified atom stereocenters. The number of rotatable bonds is 6. The van der Waals surface area contributed by atoms with Crippen LogP contribution in [0.15, 0.2) is 35.4 Å². The van der Waals surface area contributed by atoms with Crippen LogP contribution in [0.1, 0.15) is 57.4 Å². The number of nitrogens with zero attached hydrogens (tertiary/aromatic N) is 3. The van der Waals surface area contributed by atoms with E-state index in [0.29, 0.717) is 12.6 Å². The number of hydrogen-bond acceptors (Lipinski definition) is 3. The quantitative estimate of drug-likeness (QED) is 0.798. The number of hydrogen-bond donors (Lipinski definition) is 0. The van der Waals surface area contributed by atoms with E-state index in [9.17, 15) is 9.59 Å². The number of benzene rings is 1. The van der Waals surface area contributed by atoms with Crippen molar-refractivity contribution in [1.82, 2.24) is 9.91 Å². The molecule has 5 heteroatoms. The largest absolute Gasteiger partial charge is 0.340 e. The Morgan fingerprint density at radius 3 is 2.56 bits per heavy atom. The van der Waals surface area contributed by atoms with E-state index in [4.69, 9.17) is 0 Å². The molecule has 1 aliphatic heterocycles. The highest BCUT2D eigenvalue weighted by Crippen LogP contribution is 2.24. The van der Waals surface area contributed by atoms with E-state index in [1.165, 1.54) is 17.9 Å². The third-order valence-corrected chi connectivity index (χ3v) is 5.18. The normalized spacial score (nSPS) is 17.6. The van der Waals surface area contributed by atoms with Crippen molar-refractivity contribution in [3.63, 3.8) is 0 Å². The Labute approximate surface area is 149 Å². The van der Waals surface area contributed by atoms with Gasteiger partial charge in [-0.3, -0.25) is 9.59 Å². The van der Waals surface area contributed by atoms with Gasteiger partial charge in [0.15, 0.2) is 0 Å². The second-order valence-electron chi connectivity index (χ2n) is 6.80. The summed E-state index contributed by atoms with van der Waals surface area (Å²) in [5.74, 6) is 0.0518. The highest BCUT2D eigenvalue weighted by molar-refractivity contribution is 6.02. The molecule has 0 atom stereocenters. The van der Waals surface area contributed by atoms with Crippen molar-refractivity contribution in [1.29, 1.82) is 0 Å². The van der Waals surface area contributed by atoms with Crippen LogP contribution in [0.3, 0.4) is 0 Å². The minimum atomic E-state index is -0.0539. The van der Waals surface area contributed by atoms with E-state index >= 15 is 0 Å². The Bertz CT molecular complexity index is 636. The van der Waals surface area contributed by atoms with Crippen LogP contribution in [-0.2, 0) is 9.59 Å². The molecule has 0 aromatic heterocycles. The number of hydrazone groups is 1. The standard InChI is InChI=1S/C20H27N3O2/c1-2-22(17-10-6-7-11-17)19(24)12-13-20(25)23-15-14-18(21-23)16-8-4-3-5-9-16/h3-5,8-9,17H,2,6-7,10-15H2,1H3. The van der Waals surface area contributed by atoms with Crippen molar-refractivity contribution in [2.45, 2.75) is 57.9 Å². The maximum absolute atomic E-state index is 12.5. The maximum Gasteiger partial charge on any atom is 0.243 e. The zero-order valence-electron chi connectivity index (χ0n) is 15.0. The zero-order chi connectivity index (χ0) is 17.6. The van der Waals surface area contributed by atoms with E-state index in [1.807, 2.05) is 42.2 Å². The first kappa shape index (κ1) is 17.6. The van der Waals surface area contributed by atoms with Gasteiger partial charge < -0.3 is 4.90 Å². The van der Waals surface area contributed by atoms with Gasteiger partial charge in [0, 0.05) is 31.8 Å². The van der Waals surface area contributed by atoms with Crippen molar-refractivity contribution in [2.24, 2.45) is 5.10 Å². The first-order valence-electron chi connectivity index (χ1n) is 9.41.